The topological polar surface area (TPSA) is 62.3 Å². The predicted octanol–water partition coefficient (Wildman–Crippen LogP) is 3.44. The molecule has 0 unspecified atom stereocenters. The van der Waals surface area contributed by atoms with E-state index >= 15 is 0 Å². The number of ketones is 1. The first-order valence-electron chi connectivity index (χ1n) is 11.1. The van der Waals surface area contributed by atoms with Crippen LogP contribution < -0.4 is 10.2 Å². The molecule has 5 nitrogen and oxygen atoms in total. The van der Waals surface area contributed by atoms with Crippen molar-refractivity contribution in [3.63, 3.8) is 0 Å². The molecular formula is C23H31N3O2. The lowest BCUT2D eigenvalue weighted by Gasteiger charge is -2.54. The van der Waals surface area contributed by atoms with Gasteiger partial charge in [-0.1, -0.05) is 6.07 Å². The van der Waals surface area contributed by atoms with Crippen molar-refractivity contribution in [3.05, 3.63) is 23.9 Å². The Bertz CT molecular complexity index is 741. The van der Waals surface area contributed by atoms with Crippen molar-refractivity contribution in [2.75, 3.05) is 18.0 Å². The predicted molar refractivity (Wildman–Crippen MR) is 108 cm³/mol. The van der Waals surface area contributed by atoms with E-state index in [1.54, 1.807) is 6.92 Å². The third-order valence-electron chi connectivity index (χ3n) is 7.89. The normalized spacial score (nSPS) is 34.5. The summed E-state index contributed by atoms with van der Waals surface area (Å²) in [6.45, 7) is 3.35. The Morgan fingerprint density at radius 2 is 1.64 bits per heavy atom. The molecule has 1 aliphatic heterocycles. The van der Waals surface area contributed by atoms with E-state index < -0.39 is 0 Å². The van der Waals surface area contributed by atoms with Gasteiger partial charge in [0.15, 0.2) is 0 Å². The van der Waals surface area contributed by atoms with E-state index in [1.165, 1.54) is 32.1 Å². The zero-order valence-corrected chi connectivity index (χ0v) is 16.8. The molecule has 5 aliphatic rings. The fourth-order valence-corrected chi connectivity index (χ4v) is 6.63. The molecule has 150 valence electrons. The molecule has 1 saturated heterocycles. The Morgan fingerprint density at radius 3 is 2.25 bits per heavy atom. The zero-order chi connectivity index (χ0) is 19.3. The molecule has 5 fully saturated rings. The van der Waals surface area contributed by atoms with Crippen LogP contribution in [0.1, 0.15) is 62.4 Å². The largest absolute Gasteiger partial charge is 0.357 e. The molecule has 0 radical (unpaired) electrons. The quantitative estimate of drug-likeness (QED) is 0.868. The van der Waals surface area contributed by atoms with Gasteiger partial charge in [0, 0.05) is 25.0 Å². The van der Waals surface area contributed by atoms with Crippen molar-refractivity contribution in [3.8, 4) is 0 Å². The summed E-state index contributed by atoms with van der Waals surface area (Å²) >= 11 is 0. The number of anilines is 1. The van der Waals surface area contributed by atoms with Crippen LogP contribution in [0.5, 0.6) is 0 Å². The van der Waals surface area contributed by atoms with Gasteiger partial charge < -0.3 is 10.2 Å². The molecule has 1 N–H and O–H groups in total. The minimum atomic E-state index is -0.0158. The van der Waals surface area contributed by atoms with Crippen molar-refractivity contribution < 1.29 is 9.59 Å². The van der Waals surface area contributed by atoms with Gasteiger partial charge in [-0.25, -0.2) is 4.98 Å². The lowest BCUT2D eigenvalue weighted by Crippen LogP contribution is -2.55. The molecule has 28 heavy (non-hydrogen) atoms. The molecular weight excluding hydrogens is 350 g/mol. The highest BCUT2D eigenvalue weighted by atomic mass is 16.2. The standard InChI is InChI=1S/C23H31N3O2/c1-14(27)17-5-7-26(8-6-17)21-4-2-3-20(24-21)23(28)25-22-18-10-15-9-16(12-18)13-19(22)11-15/h2-4,15-19,22H,5-13H2,1H3,(H,25,28). The first kappa shape index (κ1) is 18.1. The second-order valence-corrected chi connectivity index (χ2v) is 9.68. The van der Waals surface area contributed by atoms with Crippen molar-refractivity contribution in [1.29, 1.82) is 0 Å². The van der Waals surface area contributed by atoms with Crippen molar-refractivity contribution in [2.24, 2.45) is 29.6 Å². The molecule has 0 aromatic carbocycles. The maximum absolute atomic E-state index is 13.0. The maximum Gasteiger partial charge on any atom is 0.270 e. The summed E-state index contributed by atoms with van der Waals surface area (Å²) in [6.07, 6.45) is 8.39. The number of carbonyl (C=O) groups is 2. The lowest BCUT2D eigenvalue weighted by atomic mass is 9.54. The van der Waals surface area contributed by atoms with Gasteiger partial charge in [0.05, 0.1) is 0 Å². The minimum Gasteiger partial charge on any atom is -0.357 e. The summed E-state index contributed by atoms with van der Waals surface area (Å²) in [5, 5.41) is 3.37. The highest BCUT2D eigenvalue weighted by molar-refractivity contribution is 5.93. The Hall–Kier alpha value is -1.91. The average Bonchev–Trinajstić information content (AvgIpc) is 2.70. The number of nitrogens with one attached hydrogen (secondary N) is 1. The van der Waals surface area contributed by atoms with E-state index in [4.69, 9.17) is 0 Å². The summed E-state index contributed by atoms with van der Waals surface area (Å²) in [4.78, 5) is 31.5. The number of amides is 1. The van der Waals surface area contributed by atoms with E-state index in [2.05, 4.69) is 15.2 Å². The van der Waals surface area contributed by atoms with Crippen LogP contribution in [0.25, 0.3) is 0 Å². The van der Waals surface area contributed by atoms with Gasteiger partial charge in [-0.15, -0.1) is 0 Å². The van der Waals surface area contributed by atoms with Crippen LogP contribution in [-0.4, -0.2) is 35.8 Å². The highest BCUT2D eigenvalue weighted by Gasteiger charge is 2.48. The van der Waals surface area contributed by atoms with Gasteiger partial charge in [-0.2, -0.15) is 0 Å². The Kier molecular flexibility index (Phi) is 4.64. The van der Waals surface area contributed by atoms with Crippen LogP contribution in [-0.2, 0) is 4.79 Å². The van der Waals surface area contributed by atoms with Gasteiger partial charge in [0.25, 0.3) is 5.91 Å². The number of hydrogen-bond donors (Lipinski definition) is 1. The maximum atomic E-state index is 13.0. The molecule has 4 aliphatic carbocycles. The van der Waals surface area contributed by atoms with Gasteiger partial charge in [0.2, 0.25) is 0 Å². The number of nitrogens with zero attached hydrogens (tertiary/aromatic N) is 2. The SMILES string of the molecule is CC(=O)C1CCN(c2cccc(C(=O)NC3C4CC5CC(C4)CC3C5)n2)CC1. The number of Topliss-reactive ketones (excluding diaryl/α,β-unsaturated/α-hetero) is 1. The van der Waals surface area contributed by atoms with Crippen molar-refractivity contribution in [2.45, 2.75) is 57.9 Å². The molecule has 4 saturated carbocycles. The third kappa shape index (κ3) is 3.33. The second-order valence-electron chi connectivity index (χ2n) is 9.68. The van der Waals surface area contributed by atoms with E-state index in [9.17, 15) is 9.59 Å². The van der Waals surface area contributed by atoms with Gasteiger partial charge in [-0.3, -0.25) is 9.59 Å². The fraction of sp³-hybridized carbons (Fsp3) is 0.696. The van der Waals surface area contributed by atoms with Gasteiger partial charge >= 0.3 is 0 Å². The van der Waals surface area contributed by atoms with Crippen molar-refractivity contribution >= 4 is 17.5 Å². The lowest BCUT2D eigenvalue weighted by molar-refractivity contribution is -0.121. The number of hydrogen-bond acceptors (Lipinski definition) is 4. The smallest absolute Gasteiger partial charge is 0.270 e. The fourth-order valence-electron chi connectivity index (χ4n) is 6.63. The number of piperidine rings is 1. The van der Waals surface area contributed by atoms with E-state index in [0.717, 1.165) is 43.6 Å². The second kappa shape index (κ2) is 7.16. The van der Waals surface area contributed by atoms with Crippen LogP contribution in [0, 0.1) is 29.6 Å². The molecule has 2 heterocycles. The van der Waals surface area contributed by atoms with E-state index in [-0.39, 0.29) is 17.6 Å². The van der Waals surface area contributed by atoms with E-state index in [1.807, 2.05) is 18.2 Å². The van der Waals surface area contributed by atoms with Crippen LogP contribution in [0.4, 0.5) is 5.82 Å². The van der Waals surface area contributed by atoms with Crippen LogP contribution in [0.3, 0.4) is 0 Å². The number of pyridine rings is 1. The zero-order valence-electron chi connectivity index (χ0n) is 16.8. The molecule has 5 heteroatoms. The summed E-state index contributed by atoms with van der Waals surface area (Å²) in [5.74, 6) is 4.49. The number of aromatic nitrogens is 1. The summed E-state index contributed by atoms with van der Waals surface area (Å²) in [6, 6.07) is 6.09. The monoisotopic (exact) mass is 381 g/mol. The summed E-state index contributed by atoms with van der Waals surface area (Å²) in [7, 11) is 0. The highest BCUT2D eigenvalue weighted by Crippen LogP contribution is 2.53. The number of carbonyl (C=O) groups excluding carboxylic acids is 2. The van der Waals surface area contributed by atoms with Crippen LogP contribution >= 0.6 is 0 Å². The van der Waals surface area contributed by atoms with Crippen molar-refractivity contribution in [1.82, 2.24) is 10.3 Å². The Labute approximate surface area is 167 Å². The molecule has 4 bridgehead atoms. The van der Waals surface area contributed by atoms with E-state index in [0.29, 0.717) is 23.6 Å². The van der Waals surface area contributed by atoms with Crippen LogP contribution in [0.2, 0.25) is 0 Å². The Balaban J connectivity index is 1.25. The van der Waals surface area contributed by atoms with Gasteiger partial charge in [-0.05, 0) is 87.7 Å². The molecule has 1 aromatic rings. The first-order valence-corrected chi connectivity index (χ1v) is 11.1. The van der Waals surface area contributed by atoms with Gasteiger partial charge in [0.1, 0.15) is 17.3 Å². The average molecular weight is 382 g/mol. The Morgan fingerprint density at radius 1 is 1.00 bits per heavy atom. The first-order chi connectivity index (χ1) is 13.6. The van der Waals surface area contributed by atoms with Crippen LogP contribution in [0.15, 0.2) is 18.2 Å². The summed E-state index contributed by atoms with van der Waals surface area (Å²) < 4.78 is 0. The number of rotatable bonds is 4. The third-order valence-corrected chi connectivity index (χ3v) is 7.89. The molecule has 6 rings (SSSR count). The summed E-state index contributed by atoms with van der Waals surface area (Å²) in [5.41, 5.74) is 0.528. The molecule has 0 spiro atoms. The molecule has 1 amide bonds. The molecule has 0 atom stereocenters. The molecule has 1 aromatic heterocycles. The minimum absolute atomic E-state index is 0.0158.